The summed E-state index contributed by atoms with van der Waals surface area (Å²) in [6.45, 7) is 1.02. The second-order valence-electron chi connectivity index (χ2n) is 5.61. The van der Waals surface area contributed by atoms with Gasteiger partial charge in [-0.05, 0) is 25.0 Å². The minimum atomic E-state index is -3.07. The molecule has 2 amide bonds. The highest BCUT2D eigenvalue weighted by molar-refractivity contribution is 7.91. The summed E-state index contributed by atoms with van der Waals surface area (Å²) in [7, 11) is -1.48. The van der Waals surface area contributed by atoms with Crippen molar-refractivity contribution >= 4 is 21.7 Å². The monoisotopic (exact) mass is 355 g/mol. The fourth-order valence-corrected chi connectivity index (χ4v) is 4.06. The molecule has 0 aliphatic carbocycles. The molecule has 8 nitrogen and oxygen atoms in total. The van der Waals surface area contributed by atoms with E-state index in [1.807, 2.05) is 0 Å². The number of aromatic nitrogens is 1. The third-order valence-corrected chi connectivity index (χ3v) is 5.40. The lowest BCUT2D eigenvalue weighted by molar-refractivity contribution is 0.0936. The molecule has 0 saturated carbocycles. The van der Waals surface area contributed by atoms with Crippen LogP contribution in [0.1, 0.15) is 33.7 Å². The number of ether oxygens (including phenoxy) is 1. The zero-order valence-corrected chi connectivity index (χ0v) is 14.3. The number of carbonyl (C=O) groups is 2. The van der Waals surface area contributed by atoms with E-state index in [2.05, 4.69) is 15.6 Å². The number of hydrogen-bond donors (Lipinski definition) is 2. The van der Waals surface area contributed by atoms with Crippen LogP contribution in [0.4, 0.5) is 0 Å². The van der Waals surface area contributed by atoms with Crippen LogP contribution in [0.5, 0.6) is 0 Å². The number of methoxy groups -OCH3 is 1. The van der Waals surface area contributed by atoms with E-state index in [0.717, 1.165) is 0 Å². The molecule has 1 aromatic rings. The van der Waals surface area contributed by atoms with Crippen molar-refractivity contribution in [1.82, 2.24) is 15.6 Å². The molecule has 2 rings (SSSR count). The predicted molar refractivity (Wildman–Crippen MR) is 87.6 cm³/mol. The van der Waals surface area contributed by atoms with E-state index >= 15 is 0 Å². The molecule has 132 valence electrons. The molecule has 1 saturated heterocycles. The molecule has 2 N–H and O–H groups in total. The normalized spacial score (nSPS) is 19.0. The second kappa shape index (κ2) is 8.20. The number of carbonyl (C=O) groups excluding carboxylic acids is 2. The lowest BCUT2D eigenvalue weighted by Gasteiger charge is -2.11. The van der Waals surface area contributed by atoms with Crippen LogP contribution < -0.4 is 10.6 Å². The van der Waals surface area contributed by atoms with Crippen LogP contribution in [0, 0.1) is 0 Å². The number of rotatable bonds is 7. The Kier molecular flexibility index (Phi) is 6.27. The number of nitrogens with one attached hydrogen (secondary N) is 2. The van der Waals surface area contributed by atoms with E-state index in [4.69, 9.17) is 4.74 Å². The fourth-order valence-electron chi connectivity index (χ4n) is 2.38. The van der Waals surface area contributed by atoms with E-state index in [1.165, 1.54) is 18.3 Å². The summed E-state index contributed by atoms with van der Waals surface area (Å²) in [6.07, 6.45) is 2.47. The van der Waals surface area contributed by atoms with Gasteiger partial charge in [-0.15, -0.1) is 0 Å². The summed E-state index contributed by atoms with van der Waals surface area (Å²) in [5, 5.41) is 5.37. The largest absolute Gasteiger partial charge is 0.385 e. The van der Waals surface area contributed by atoms with Gasteiger partial charge in [0, 0.05) is 38.1 Å². The van der Waals surface area contributed by atoms with E-state index in [0.29, 0.717) is 31.6 Å². The molecule has 1 fully saturated rings. The van der Waals surface area contributed by atoms with Crippen molar-refractivity contribution in [3.05, 3.63) is 29.6 Å². The van der Waals surface area contributed by atoms with Gasteiger partial charge in [0.2, 0.25) is 0 Å². The Hall–Kier alpha value is -2.00. The first-order valence-corrected chi connectivity index (χ1v) is 9.48. The predicted octanol–water partition coefficient (Wildman–Crippen LogP) is -0.235. The highest BCUT2D eigenvalue weighted by Crippen LogP contribution is 2.12. The van der Waals surface area contributed by atoms with E-state index in [1.54, 1.807) is 7.11 Å². The first-order chi connectivity index (χ1) is 11.4. The zero-order valence-electron chi connectivity index (χ0n) is 13.4. The topological polar surface area (TPSA) is 114 Å². The van der Waals surface area contributed by atoms with Crippen molar-refractivity contribution in [3.8, 4) is 0 Å². The third-order valence-electron chi connectivity index (χ3n) is 3.63. The molecule has 1 aliphatic rings. The van der Waals surface area contributed by atoms with Crippen LogP contribution in [0.2, 0.25) is 0 Å². The van der Waals surface area contributed by atoms with Gasteiger partial charge in [-0.25, -0.2) is 8.42 Å². The number of sulfone groups is 1. The van der Waals surface area contributed by atoms with Gasteiger partial charge in [0.25, 0.3) is 11.8 Å². The molecule has 1 unspecified atom stereocenters. The number of nitrogens with zero attached hydrogens (tertiary/aromatic N) is 1. The van der Waals surface area contributed by atoms with Crippen LogP contribution in [0.25, 0.3) is 0 Å². The molecule has 9 heteroatoms. The van der Waals surface area contributed by atoms with Crippen molar-refractivity contribution in [3.63, 3.8) is 0 Å². The SMILES string of the molecule is COCCCNC(=O)c1ccnc(C(=O)NC2CCS(=O)(=O)C2)c1. The van der Waals surface area contributed by atoms with Crippen LogP contribution in [0.15, 0.2) is 18.3 Å². The van der Waals surface area contributed by atoms with Crippen molar-refractivity contribution < 1.29 is 22.7 Å². The maximum atomic E-state index is 12.2. The summed E-state index contributed by atoms with van der Waals surface area (Å²) in [5.74, 6) is -0.759. The number of pyridine rings is 1. The Bertz CT molecular complexity index is 705. The van der Waals surface area contributed by atoms with Gasteiger partial charge < -0.3 is 15.4 Å². The fraction of sp³-hybridized carbons (Fsp3) is 0.533. The lowest BCUT2D eigenvalue weighted by atomic mass is 10.2. The minimum absolute atomic E-state index is 0.0571. The molecule has 0 radical (unpaired) electrons. The maximum Gasteiger partial charge on any atom is 0.270 e. The average Bonchev–Trinajstić information content (AvgIpc) is 2.90. The average molecular weight is 355 g/mol. The summed E-state index contributed by atoms with van der Waals surface area (Å²) >= 11 is 0. The number of hydrogen-bond acceptors (Lipinski definition) is 6. The highest BCUT2D eigenvalue weighted by Gasteiger charge is 2.29. The molecular weight excluding hydrogens is 334 g/mol. The van der Waals surface area contributed by atoms with Crippen molar-refractivity contribution in [2.75, 3.05) is 31.8 Å². The molecular formula is C15H21N3O5S. The second-order valence-corrected chi connectivity index (χ2v) is 7.83. The molecule has 1 aromatic heterocycles. The van der Waals surface area contributed by atoms with Crippen molar-refractivity contribution in [1.29, 1.82) is 0 Å². The van der Waals surface area contributed by atoms with Crippen LogP contribution >= 0.6 is 0 Å². The van der Waals surface area contributed by atoms with E-state index in [9.17, 15) is 18.0 Å². The Morgan fingerprint density at radius 1 is 1.38 bits per heavy atom. The highest BCUT2D eigenvalue weighted by atomic mass is 32.2. The summed E-state index contributed by atoms with van der Waals surface area (Å²) in [5.41, 5.74) is 0.412. The van der Waals surface area contributed by atoms with Gasteiger partial charge in [0.05, 0.1) is 11.5 Å². The molecule has 0 bridgehead atoms. The molecule has 0 spiro atoms. The quantitative estimate of drug-likeness (QED) is 0.653. The van der Waals surface area contributed by atoms with Crippen molar-refractivity contribution in [2.24, 2.45) is 0 Å². The smallest absolute Gasteiger partial charge is 0.270 e. The molecule has 0 aromatic carbocycles. The summed E-state index contributed by atoms with van der Waals surface area (Å²) < 4.78 is 27.7. The first-order valence-electron chi connectivity index (χ1n) is 7.66. The van der Waals surface area contributed by atoms with Gasteiger partial charge in [-0.1, -0.05) is 0 Å². The van der Waals surface area contributed by atoms with E-state index < -0.39 is 21.8 Å². The first kappa shape index (κ1) is 18.3. The van der Waals surface area contributed by atoms with Gasteiger partial charge in [-0.3, -0.25) is 14.6 Å². The standard InChI is InChI=1S/C15H21N3O5S/c1-23-7-2-5-17-14(19)11-3-6-16-13(9-11)15(20)18-12-4-8-24(21,22)10-12/h3,6,9,12H,2,4-5,7-8,10H2,1H3,(H,17,19)(H,18,20). The Morgan fingerprint density at radius 3 is 2.83 bits per heavy atom. The lowest BCUT2D eigenvalue weighted by Crippen LogP contribution is -2.36. The Morgan fingerprint density at radius 2 is 2.17 bits per heavy atom. The van der Waals surface area contributed by atoms with Gasteiger partial charge >= 0.3 is 0 Å². The van der Waals surface area contributed by atoms with E-state index in [-0.39, 0.29) is 23.1 Å². The van der Waals surface area contributed by atoms with Gasteiger partial charge in [0.15, 0.2) is 9.84 Å². The zero-order chi connectivity index (χ0) is 17.6. The molecule has 2 heterocycles. The van der Waals surface area contributed by atoms with Crippen molar-refractivity contribution in [2.45, 2.75) is 18.9 Å². The van der Waals surface area contributed by atoms with Crippen LogP contribution in [0.3, 0.4) is 0 Å². The Balaban J connectivity index is 1.94. The minimum Gasteiger partial charge on any atom is -0.385 e. The third kappa shape index (κ3) is 5.27. The van der Waals surface area contributed by atoms with Gasteiger partial charge in [0.1, 0.15) is 5.69 Å². The van der Waals surface area contributed by atoms with Crippen LogP contribution in [-0.4, -0.2) is 63.0 Å². The van der Waals surface area contributed by atoms with Crippen LogP contribution in [-0.2, 0) is 14.6 Å². The summed E-state index contributed by atoms with van der Waals surface area (Å²) in [4.78, 5) is 28.1. The van der Waals surface area contributed by atoms with Gasteiger partial charge in [-0.2, -0.15) is 0 Å². The number of amides is 2. The molecule has 1 atom stereocenters. The Labute approximate surface area is 140 Å². The summed E-state index contributed by atoms with van der Waals surface area (Å²) in [6, 6.07) is 2.50. The molecule has 1 aliphatic heterocycles. The maximum absolute atomic E-state index is 12.2. The molecule has 24 heavy (non-hydrogen) atoms.